The monoisotopic (exact) mass is 286 g/mol. The minimum atomic E-state index is 0.217. The summed E-state index contributed by atoms with van der Waals surface area (Å²) in [5.74, 6) is 2.30. The Kier molecular flexibility index (Phi) is 2.89. The van der Waals surface area contributed by atoms with E-state index in [2.05, 4.69) is 10.2 Å². The van der Waals surface area contributed by atoms with Crippen LogP contribution in [-0.2, 0) is 11.2 Å². The summed E-state index contributed by atoms with van der Waals surface area (Å²) in [6.07, 6.45) is 0.915. The molecular weight excluding hydrogens is 272 g/mol. The number of hydrogen-bond acceptors (Lipinski definition) is 6. The number of epoxide rings is 1. The van der Waals surface area contributed by atoms with Gasteiger partial charge in [-0.1, -0.05) is 13.0 Å². The van der Waals surface area contributed by atoms with Gasteiger partial charge in [0, 0.05) is 12.5 Å². The molecule has 1 aliphatic rings. The lowest BCUT2D eigenvalue weighted by atomic mass is 10.2. The van der Waals surface area contributed by atoms with E-state index in [-0.39, 0.29) is 6.10 Å². The van der Waals surface area contributed by atoms with Gasteiger partial charge in [0.05, 0.1) is 12.0 Å². The third kappa shape index (κ3) is 2.38. The zero-order valence-corrected chi connectivity index (χ0v) is 11.5. The van der Waals surface area contributed by atoms with E-state index in [4.69, 9.17) is 18.3 Å². The molecule has 0 saturated carbocycles. The van der Waals surface area contributed by atoms with E-state index in [0.717, 1.165) is 23.3 Å². The summed E-state index contributed by atoms with van der Waals surface area (Å²) in [7, 11) is 0. The number of rotatable bonds is 5. The van der Waals surface area contributed by atoms with Crippen LogP contribution in [0.1, 0.15) is 12.8 Å². The second-order valence-electron chi connectivity index (χ2n) is 4.90. The second-order valence-corrected chi connectivity index (χ2v) is 4.90. The van der Waals surface area contributed by atoms with Crippen molar-refractivity contribution in [3.63, 3.8) is 0 Å². The van der Waals surface area contributed by atoms with Crippen molar-refractivity contribution in [2.75, 3.05) is 13.2 Å². The van der Waals surface area contributed by atoms with Gasteiger partial charge in [0.25, 0.3) is 5.89 Å². The van der Waals surface area contributed by atoms with E-state index < -0.39 is 0 Å². The second kappa shape index (κ2) is 4.89. The SMILES string of the molecule is CCc1nnc(-c2cc3c(OC[C@@H]4CO4)cccc3o2)o1. The molecule has 4 rings (SSSR count). The molecule has 1 aromatic carbocycles. The molecule has 2 aromatic heterocycles. The molecule has 6 heteroatoms. The van der Waals surface area contributed by atoms with Gasteiger partial charge >= 0.3 is 0 Å². The van der Waals surface area contributed by atoms with Gasteiger partial charge in [-0.15, -0.1) is 10.2 Å². The maximum absolute atomic E-state index is 5.77. The van der Waals surface area contributed by atoms with Crippen LogP contribution < -0.4 is 4.74 Å². The summed E-state index contributed by atoms with van der Waals surface area (Å²) in [6.45, 7) is 3.29. The van der Waals surface area contributed by atoms with E-state index in [1.807, 2.05) is 31.2 Å². The molecule has 21 heavy (non-hydrogen) atoms. The quantitative estimate of drug-likeness (QED) is 0.671. The molecule has 1 fully saturated rings. The highest BCUT2D eigenvalue weighted by molar-refractivity contribution is 5.87. The lowest BCUT2D eigenvalue weighted by Gasteiger charge is -2.04. The van der Waals surface area contributed by atoms with E-state index >= 15 is 0 Å². The lowest BCUT2D eigenvalue weighted by molar-refractivity contribution is 0.265. The highest BCUT2D eigenvalue weighted by atomic mass is 16.6. The average Bonchev–Trinajstić information content (AvgIpc) is 3.03. The molecule has 6 nitrogen and oxygen atoms in total. The molecule has 0 spiro atoms. The normalized spacial score (nSPS) is 17.3. The van der Waals surface area contributed by atoms with Gasteiger partial charge in [-0.05, 0) is 12.1 Å². The number of fused-ring (bicyclic) bond motifs is 1. The van der Waals surface area contributed by atoms with Crippen LogP contribution in [0.15, 0.2) is 33.1 Å². The van der Waals surface area contributed by atoms with Crippen molar-refractivity contribution in [2.45, 2.75) is 19.4 Å². The van der Waals surface area contributed by atoms with Crippen LogP contribution in [0.3, 0.4) is 0 Å². The first-order chi connectivity index (χ1) is 10.3. The van der Waals surface area contributed by atoms with Gasteiger partial charge in [-0.2, -0.15) is 0 Å². The lowest BCUT2D eigenvalue weighted by Crippen LogP contribution is -2.03. The molecule has 0 amide bonds. The Morgan fingerprint density at radius 2 is 2.19 bits per heavy atom. The van der Waals surface area contributed by atoms with Crippen molar-refractivity contribution in [1.82, 2.24) is 10.2 Å². The smallest absolute Gasteiger partial charge is 0.283 e. The number of ether oxygens (including phenoxy) is 2. The van der Waals surface area contributed by atoms with Gasteiger partial charge in [0.2, 0.25) is 5.89 Å². The predicted octanol–water partition coefficient (Wildman–Crippen LogP) is 2.82. The van der Waals surface area contributed by atoms with Crippen LogP contribution in [0, 0.1) is 0 Å². The number of aromatic nitrogens is 2. The van der Waals surface area contributed by atoms with Crippen LogP contribution in [0.25, 0.3) is 22.6 Å². The Labute approximate surface area is 120 Å². The van der Waals surface area contributed by atoms with Gasteiger partial charge < -0.3 is 18.3 Å². The van der Waals surface area contributed by atoms with Crippen molar-refractivity contribution in [3.8, 4) is 17.4 Å². The van der Waals surface area contributed by atoms with E-state index in [1.54, 1.807) is 0 Å². The fraction of sp³-hybridized carbons (Fsp3) is 0.333. The maximum Gasteiger partial charge on any atom is 0.283 e. The van der Waals surface area contributed by atoms with Crippen LogP contribution in [0.2, 0.25) is 0 Å². The molecule has 1 saturated heterocycles. The number of furan rings is 1. The molecule has 0 unspecified atom stereocenters. The number of nitrogens with zero attached hydrogens (tertiary/aromatic N) is 2. The first kappa shape index (κ1) is 12.4. The van der Waals surface area contributed by atoms with E-state index in [9.17, 15) is 0 Å². The first-order valence-corrected chi connectivity index (χ1v) is 6.93. The average molecular weight is 286 g/mol. The van der Waals surface area contributed by atoms with Crippen molar-refractivity contribution in [2.24, 2.45) is 0 Å². The van der Waals surface area contributed by atoms with Crippen molar-refractivity contribution >= 4 is 11.0 Å². The largest absolute Gasteiger partial charge is 0.490 e. The molecule has 0 radical (unpaired) electrons. The van der Waals surface area contributed by atoms with E-state index in [0.29, 0.717) is 30.6 Å². The van der Waals surface area contributed by atoms with Gasteiger partial charge in [0.15, 0.2) is 5.76 Å². The van der Waals surface area contributed by atoms with Crippen molar-refractivity contribution in [3.05, 3.63) is 30.2 Å². The molecule has 0 N–H and O–H groups in total. The Morgan fingerprint density at radius 1 is 1.29 bits per heavy atom. The molecule has 3 aromatic rings. The Morgan fingerprint density at radius 3 is 2.95 bits per heavy atom. The summed E-state index contributed by atoms with van der Waals surface area (Å²) in [6, 6.07) is 7.56. The number of hydrogen-bond donors (Lipinski definition) is 0. The topological polar surface area (TPSA) is 73.8 Å². The molecule has 108 valence electrons. The zero-order valence-electron chi connectivity index (χ0n) is 11.5. The molecule has 0 bridgehead atoms. The summed E-state index contributed by atoms with van der Waals surface area (Å²) in [5, 5.41) is 8.84. The van der Waals surface area contributed by atoms with Crippen LogP contribution >= 0.6 is 0 Å². The summed E-state index contributed by atoms with van der Waals surface area (Å²) in [5.41, 5.74) is 0.732. The van der Waals surface area contributed by atoms with Crippen molar-refractivity contribution in [1.29, 1.82) is 0 Å². The van der Waals surface area contributed by atoms with Crippen LogP contribution in [0.4, 0.5) is 0 Å². The highest BCUT2D eigenvalue weighted by Crippen LogP contribution is 2.33. The number of benzene rings is 1. The fourth-order valence-electron chi connectivity index (χ4n) is 2.11. The summed E-state index contributed by atoms with van der Waals surface area (Å²) >= 11 is 0. The first-order valence-electron chi connectivity index (χ1n) is 6.93. The summed E-state index contributed by atoms with van der Waals surface area (Å²) < 4.78 is 22.2. The Balaban J connectivity index is 1.69. The van der Waals surface area contributed by atoms with Crippen LogP contribution in [0.5, 0.6) is 5.75 Å². The molecule has 1 aliphatic heterocycles. The highest BCUT2D eigenvalue weighted by Gasteiger charge is 2.24. The molecule has 0 aliphatic carbocycles. The standard InChI is InChI=1S/C15H14N2O4/c1-2-14-16-17-15(21-14)13-6-10-11(19-8-9-7-18-9)4-3-5-12(10)20-13/h3-6,9H,2,7-8H2,1H3/t9-/m0/s1. The Bertz CT molecular complexity index is 773. The molecule has 3 heterocycles. The maximum atomic E-state index is 5.77. The Hall–Kier alpha value is -2.34. The van der Waals surface area contributed by atoms with Gasteiger partial charge in [-0.25, -0.2) is 0 Å². The fourth-order valence-corrected chi connectivity index (χ4v) is 2.11. The van der Waals surface area contributed by atoms with Gasteiger partial charge in [0.1, 0.15) is 24.0 Å². The van der Waals surface area contributed by atoms with E-state index in [1.165, 1.54) is 0 Å². The zero-order chi connectivity index (χ0) is 14.2. The minimum absolute atomic E-state index is 0.217. The third-order valence-electron chi connectivity index (χ3n) is 3.33. The minimum Gasteiger partial charge on any atom is -0.490 e. The van der Waals surface area contributed by atoms with Crippen molar-refractivity contribution < 1.29 is 18.3 Å². The number of aryl methyl sites for hydroxylation is 1. The molecule has 1 atom stereocenters. The molecular formula is C15H14N2O4. The third-order valence-corrected chi connectivity index (χ3v) is 3.33. The van der Waals surface area contributed by atoms with Gasteiger partial charge in [-0.3, -0.25) is 0 Å². The predicted molar refractivity (Wildman–Crippen MR) is 74.1 cm³/mol. The summed E-state index contributed by atoms with van der Waals surface area (Å²) in [4.78, 5) is 0. The van der Waals surface area contributed by atoms with Crippen LogP contribution in [-0.4, -0.2) is 29.5 Å².